The van der Waals surface area contributed by atoms with Crippen LogP contribution in [0.25, 0.3) is 0 Å². The van der Waals surface area contributed by atoms with Crippen LogP contribution in [-0.4, -0.2) is 21.4 Å². The van der Waals surface area contributed by atoms with Gasteiger partial charge in [-0.1, -0.05) is 6.92 Å². The predicted molar refractivity (Wildman–Crippen MR) is 51.0 cm³/mol. The van der Waals surface area contributed by atoms with Gasteiger partial charge in [-0.05, 0) is 19.3 Å². The summed E-state index contributed by atoms with van der Waals surface area (Å²) in [6, 6.07) is 0. The minimum absolute atomic E-state index is 0.0195. The van der Waals surface area contributed by atoms with E-state index in [2.05, 4.69) is 17.1 Å². The molecule has 0 bridgehead atoms. The van der Waals surface area contributed by atoms with Gasteiger partial charge < -0.3 is 4.74 Å². The molecule has 0 spiro atoms. The highest BCUT2D eigenvalue weighted by atomic mass is 16.5. The second kappa shape index (κ2) is 3.57. The molecule has 0 unspecified atom stereocenters. The molecule has 0 amide bonds. The summed E-state index contributed by atoms with van der Waals surface area (Å²) in [4.78, 5) is 11.3. The molecule has 14 heavy (non-hydrogen) atoms. The van der Waals surface area contributed by atoms with Crippen LogP contribution in [0.3, 0.4) is 0 Å². The maximum absolute atomic E-state index is 11.3. The van der Waals surface area contributed by atoms with Gasteiger partial charge >= 0.3 is 5.69 Å². The normalized spacial score (nSPS) is 27.0. The van der Waals surface area contributed by atoms with E-state index in [1.807, 2.05) is 6.92 Å². The van der Waals surface area contributed by atoms with Crippen molar-refractivity contribution in [2.24, 2.45) is 5.92 Å². The summed E-state index contributed by atoms with van der Waals surface area (Å²) < 4.78 is 7.20. The first-order valence-corrected chi connectivity index (χ1v) is 5.00. The van der Waals surface area contributed by atoms with Gasteiger partial charge in [0.25, 0.3) is 0 Å². The van der Waals surface area contributed by atoms with E-state index in [9.17, 15) is 4.79 Å². The molecule has 2 heterocycles. The fourth-order valence-electron chi connectivity index (χ4n) is 1.88. The van der Waals surface area contributed by atoms with Gasteiger partial charge in [-0.25, -0.2) is 9.89 Å². The van der Waals surface area contributed by atoms with Crippen molar-refractivity contribution in [2.75, 3.05) is 6.61 Å². The molecule has 1 N–H and O–H groups in total. The van der Waals surface area contributed by atoms with E-state index in [1.54, 1.807) is 4.57 Å². The van der Waals surface area contributed by atoms with E-state index in [4.69, 9.17) is 4.74 Å². The minimum atomic E-state index is -0.148. The molecule has 78 valence electrons. The Labute approximate surface area is 82.1 Å². The summed E-state index contributed by atoms with van der Waals surface area (Å²) in [6.45, 7) is 5.45. The minimum Gasteiger partial charge on any atom is -0.370 e. The van der Waals surface area contributed by atoms with Crippen LogP contribution in [0.1, 0.15) is 32.2 Å². The number of aromatic amines is 1. The topological polar surface area (TPSA) is 59.9 Å². The van der Waals surface area contributed by atoms with Crippen molar-refractivity contribution in [3.63, 3.8) is 0 Å². The van der Waals surface area contributed by atoms with Crippen molar-refractivity contribution in [3.05, 3.63) is 16.3 Å². The molecule has 1 aliphatic heterocycles. The van der Waals surface area contributed by atoms with Crippen molar-refractivity contribution in [2.45, 2.75) is 32.9 Å². The SMILES string of the molecule is CCn1c([C@H]2OCC[C@@H]2C)n[nH]c1=O. The van der Waals surface area contributed by atoms with Crippen LogP contribution in [-0.2, 0) is 11.3 Å². The third-order valence-electron chi connectivity index (χ3n) is 2.75. The molecule has 2 rings (SSSR count). The fourth-order valence-corrected chi connectivity index (χ4v) is 1.88. The Morgan fingerprint density at radius 1 is 1.71 bits per heavy atom. The molecule has 2 atom stereocenters. The number of H-pyrrole nitrogens is 1. The van der Waals surface area contributed by atoms with Gasteiger partial charge in [0.05, 0.1) is 0 Å². The molecular weight excluding hydrogens is 182 g/mol. The third kappa shape index (κ3) is 1.37. The molecule has 1 aliphatic rings. The van der Waals surface area contributed by atoms with E-state index in [0.29, 0.717) is 12.5 Å². The number of rotatable bonds is 2. The Bertz CT molecular complexity index is 368. The Morgan fingerprint density at radius 2 is 2.50 bits per heavy atom. The van der Waals surface area contributed by atoms with Gasteiger partial charge in [-0.2, -0.15) is 5.10 Å². The average Bonchev–Trinajstić information content (AvgIpc) is 2.71. The van der Waals surface area contributed by atoms with Crippen LogP contribution >= 0.6 is 0 Å². The van der Waals surface area contributed by atoms with Crippen molar-refractivity contribution in [1.29, 1.82) is 0 Å². The summed E-state index contributed by atoms with van der Waals surface area (Å²) in [5.41, 5.74) is -0.148. The predicted octanol–water partition coefficient (Wildman–Crippen LogP) is 0.689. The number of hydrogen-bond donors (Lipinski definition) is 1. The highest BCUT2D eigenvalue weighted by molar-refractivity contribution is 4.96. The Hall–Kier alpha value is -1.10. The molecule has 1 saturated heterocycles. The number of ether oxygens (including phenoxy) is 1. The zero-order chi connectivity index (χ0) is 10.1. The lowest BCUT2D eigenvalue weighted by Gasteiger charge is -2.13. The smallest absolute Gasteiger partial charge is 0.343 e. The highest BCUT2D eigenvalue weighted by Gasteiger charge is 2.30. The van der Waals surface area contributed by atoms with Gasteiger partial charge in [-0.3, -0.25) is 4.57 Å². The summed E-state index contributed by atoms with van der Waals surface area (Å²) in [6.07, 6.45) is 1.02. The van der Waals surface area contributed by atoms with E-state index >= 15 is 0 Å². The molecule has 0 radical (unpaired) electrons. The van der Waals surface area contributed by atoms with Gasteiger partial charge in [-0.15, -0.1) is 0 Å². The van der Waals surface area contributed by atoms with Crippen LogP contribution in [0.2, 0.25) is 0 Å². The summed E-state index contributed by atoms with van der Waals surface area (Å²) in [5.74, 6) is 1.18. The molecular formula is C9H15N3O2. The first-order valence-electron chi connectivity index (χ1n) is 5.00. The van der Waals surface area contributed by atoms with Crippen LogP contribution in [0, 0.1) is 5.92 Å². The number of nitrogens with zero attached hydrogens (tertiary/aromatic N) is 2. The van der Waals surface area contributed by atoms with Crippen LogP contribution < -0.4 is 5.69 Å². The second-order valence-electron chi connectivity index (χ2n) is 3.69. The summed E-state index contributed by atoms with van der Waals surface area (Å²) >= 11 is 0. The lowest BCUT2D eigenvalue weighted by atomic mass is 10.0. The molecule has 1 aromatic heterocycles. The zero-order valence-electron chi connectivity index (χ0n) is 8.49. The summed E-state index contributed by atoms with van der Waals surface area (Å²) in [5, 5.41) is 6.48. The molecule has 1 fully saturated rings. The van der Waals surface area contributed by atoms with Crippen LogP contribution in [0.4, 0.5) is 0 Å². The van der Waals surface area contributed by atoms with Crippen LogP contribution in [0.5, 0.6) is 0 Å². The number of hydrogen-bond acceptors (Lipinski definition) is 3. The Balaban J connectivity index is 2.35. The second-order valence-corrected chi connectivity index (χ2v) is 3.69. The van der Waals surface area contributed by atoms with E-state index < -0.39 is 0 Å². The van der Waals surface area contributed by atoms with Gasteiger partial charge in [0.15, 0.2) is 5.82 Å². The van der Waals surface area contributed by atoms with Crippen LogP contribution in [0.15, 0.2) is 4.79 Å². The van der Waals surface area contributed by atoms with Gasteiger partial charge in [0, 0.05) is 13.2 Å². The standard InChI is InChI=1S/C9H15N3O2/c1-3-12-8(10-11-9(12)13)7-6(2)4-5-14-7/h6-7H,3-5H2,1-2H3,(H,11,13)/t6-,7-/m0/s1. The summed E-state index contributed by atoms with van der Waals surface area (Å²) in [7, 11) is 0. The molecule has 5 heteroatoms. The van der Waals surface area contributed by atoms with E-state index in [-0.39, 0.29) is 11.8 Å². The lowest BCUT2D eigenvalue weighted by Crippen LogP contribution is -2.20. The largest absolute Gasteiger partial charge is 0.370 e. The first-order chi connectivity index (χ1) is 6.74. The fraction of sp³-hybridized carbons (Fsp3) is 0.778. The van der Waals surface area contributed by atoms with Crippen molar-refractivity contribution in [3.8, 4) is 0 Å². The third-order valence-corrected chi connectivity index (χ3v) is 2.75. The van der Waals surface area contributed by atoms with E-state index in [0.717, 1.165) is 18.9 Å². The average molecular weight is 197 g/mol. The lowest BCUT2D eigenvalue weighted by molar-refractivity contribution is 0.0839. The molecule has 5 nitrogen and oxygen atoms in total. The Morgan fingerprint density at radius 3 is 3.07 bits per heavy atom. The highest BCUT2D eigenvalue weighted by Crippen LogP contribution is 2.32. The maximum Gasteiger partial charge on any atom is 0.343 e. The quantitative estimate of drug-likeness (QED) is 0.758. The molecule has 0 aliphatic carbocycles. The number of aromatic nitrogens is 3. The Kier molecular flexibility index (Phi) is 2.41. The number of nitrogens with one attached hydrogen (secondary N) is 1. The van der Waals surface area contributed by atoms with Crippen molar-refractivity contribution >= 4 is 0 Å². The van der Waals surface area contributed by atoms with Crippen molar-refractivity contribution < 1.29 is 4.74 Å². The first kappa shape index (κ1) is 9.45. The monoisotopic (exact) mass is 197 g/mol. The molecule has 0 saturated carbocycles. The van der Waals surface area contributed by atoms with Crippen molar-refractivity contribution in [1.82, 2.24) is 14.8 Å². The van der Waals surface area contributed by atoms with Gasteiger partial charge in [0.1, 0.15) is 6.10 Å². The molecule has 0 aromatic carbocycles. The van der Waals surface area contributed by atoms with E-state index in [1.165, 1.54) is 0 Å². The maximum atomic E-state index is 11.3. The zero-order valence-corrected chi connectivity index (χ0v) is 8.49. The molecule has 1 aromatic rings. The van der Waals surface area contributed by atoms with Gasteiger partial charge in [0.2, 0.25) is 0 Å².